The summed E-state index contributed by atoms with van der Waals surface area (Å²) in [4.78, 5) is 0. The third-order valence-corrected chi connectivity index (χ3v) is 9.06. The molecule has 186 valence electrons. The quantitative estimate of drug-likeness (QED) is 0.130. The highest BCUT2D eigenvalue weighted by Crippen LogP contribution is 2.45. The molecule has 0 fully saturated rings. The van der Waals surface area contributed by atoms with Gasteiger partial charge in [-0.3, -0.25) is 10.8 Å². The van der Waals surface area contributed by atoms with E-state index >= 15 is 0 Å². The zero-order valence-electron chi connectivity index (χ0n) is 21.5. The van der Waals surface area contributed by atoms with Crippen molar-refractivity contribution in [3.63, 3.8) is 0 Å². The predicted octanol–water partition coefficient (Wildman–Crippen LogP) is 9.76. The fraction of sp³-hybridized carbons (Fsp3) is 0.643. The summed E-state index contributed by atoms with van der Waals surface area (Å²) in [7, 11) is 0. The lowest BCUT2D eigenvalue weighted by molar-refractivity contribution is 0.608. The zero-order chi connectivity index (χ0) is 24.7. The van der Waals surface area contributed by atoms with E-state index in [1.807, 2.05) is 6.92 Å². The monoisotopic (exact) mass is 592 g/mol. The molecule has 6 heteroatoms. The number of allylic oxidation sites excluding steroid dienone is 2. The maximum atomic E-state index is 9.01. The molecule has 1 heterocycles. The largest absolute Gasteiger partial charge is 0.298 e. The van der Waals surface area contributed by atoms with Crippen molar-refractivity contribution in [1.82, 2.24) is 8.75 Å². The highest BCUT2D eigenvalue weighted by atomic mass is 127. The van der Waals surface area contributed by atoms with E-state index < -0.39 is 0 Å². The molecule has 2 aromatic rings. The van der Waals surface area contributed by atoms with Crippen LogP contribution in [0.3, 0.4) is 0 Å². The van der Waals surface area contributed by atoms with Crippen LogP contribution in [0.25, 0.3) is 16.6 Å². The number of aromatic nitrogens is 2. The summed E-state index contributed by atoms with van der Waals surface area (Å²) in [6, 6.07) is 0. The van der Waals surface area contributed by atoms with Crippen LogP contribution in [-0.2, 0) is 0 Å². The van der Waals surface area contributed by atoms with E-state index in [-0.39, 0.29) is 0 Å². The van der Waals surface area contributed by atoms with Gasteiger partial charge in [-0.25, -0.2) is 0 Å². The molecule has 0 spiro atoms. The molecule has 0 saturated heterocycles. The van der Waals surface area contributed by atoms with E-state index in [1.165, 1.54) is 87.1 Å². The first-order valence-corrected chi connectivity index (χ1v) is 15.2. The zero-order valence-corrected chi connectivity index (χ0v) is 24.4. The summed E-state index contributed by atoms with van der Waals surface area (Å²) in [6.07, 6.45) is 15.9. The van der Waals surface area contributed by atoms with Gasteiger partial charge in [0, 0.05) is 15.1 Å². The number of hydrogen-bond acceptors (Lipinski definition) is 5. The molecular weight excluding hydrogens is 551 g/mol. The molecule has 0 bridgehead atoms. The first-order valence-electron chi connectivity index (χ1n) is 13.2. The minimum atomic E-state index is 0.320. The fourth-order valence-corrected chi connectivity index (χ4v) is 7.05. The Hall–Kier alpha value is -1.15. The average molecular weight is 593 g/mol. The van der Waals surface area contributed by atoms with Crippen molar-refractivity contribution in [3.8, 4) is 0 Å². The van der Waals surface area contributed by atoms with Crippen LogP contribution in [0.2, 0.25) is 0 Å². The lowest BCUT2D eigenvalue weighted by Crippen LogP contribution is -2.25. The van der Waals surface area contributed by atoms with Crippen molar-refractivity contribution in [2.24, 2.45) is 0 Å². The molecule has 3 rings (SSSR count). The third-order valence-electron chi connectivity index (χ3n) is 7.29. The SMILES string of the molecule is CCCCCCCCC1=C(C)C(=N)C(=N)c2c(C(I)CCCCCCC)c(C)c3nsnc3c21. The van der Waals surface area contributed by atoms with Gasteiger partial charge in [0.25, 0.3) is 0 Å². The predicted molar refractivity (Wildman–Crippen MR) is 157 cm³/mol. The van der Waals surface area contributed by atoms with Gasteiger partial charge in [0.15, 0.2) is 0 Å². The van der Waals surface area contributed by atoms with Crippen LogP contribution in [-0.4, -0.2) is 20.2 Å². The summed E-state index contributed by atoms with van der Waals surface area (Å²) >= 11 is 3.86. The Morgan fingerprint density at radius 2 is 1.35 bits per heavy atom. The van der Waals surface area contributed by atoms with Crippen LogP contribution in [0.1, 0.15) is 130 Å². The van der Waals surface area contributed by atoms with E-state index in [2.05, 4.69) is 43.4 Å². The van der Waals surface area contributed by atoms with E-state index in [9.17, 15) is 0 Å². The van der Waals surface area contributed by atoms with Crippen molar-refractivity contribution >= 4 is 62.3 Å². The lowest BCUT2D eigenvalue weighted by Gasteiger charge is -2.29. The van der Waals surface area contributed by atoms with Crippen molar-refractivity contribution in [2.75, 3.05) is 0 Å². The van der Waals surface area contributed by atoms with Crippen LogP contribution in [0.5, 0.6) is 0 Å². The molecular formula is C28H41IN4S. The van der Waals surface area contributed by atoms with Crippen molar-refractivity contribution in [1.29, 1.82) is 10.8 Å². The number of nitrogens with one attached hydrogen (secondary N) is 2. The Morgan fingerprint density at radius 1 is 0.765 bits per heavy atom. The summed E-state index contributed by atoms with van der Waals surface area (Å²) in [5.74, 6) is 0. The second-order valence-corrected chi connectivity index (χ2v) is 11.8. The van der Waals surface area contributed by atoms with Gasteiger partial charge in [0.2, 0.25) is 0 Å². The number of hydrogen-bond donors (Lipinski definition) is 2. The number of rotatable bonds is 14. The minimum Gasteiger partial charge on any atom is -0.298 e. The molecule has 0 aliphatic heterocycles. The van der Waals surface area contributed by atoms with Gasteiger partial charge in [-0.15, -0.1) is 0 Å². The lowest BCUT2D eigenvalue weighted by atomic mass is 9.76. The summed E-state index contributed by atoms with van der Waals surface area (Å²) < 4.78 is 9.75. The molecule has 0 saturated carbocycles. The highest BCUT2D eigenvalue weighted by molar-refractivity contribution is 14.1. The second kappa shape index (κ2) is 13.2. The van der Waals surface area contributed by atoms with Crippen LogP contribution in [0.4, 0.5) is 0 Å². The number of halogens is 1. The fourth-order valence-electron chi connectivity index (χ4n) is 5.23. The molecule has 1 aliphatic rings. The second-order valence-electron chi connectivity index (χ2n) is 9.79. The van der Waals surface area contributed by atoms with E-state index in [4.69, 9.17) is 19.6 Å². The number of aryl methyl sites for hydroxylation is 1. The maximum Gasteiger partial charge on any atom is 0.113 e. The molecule has 0 radical (unpaired) electrons. The number of nitrogens with zero attached hydrogens (tertiary/aromatic N) is 2. The topological polar surface area (TPSA) is 73.5 Å². The van der Waals surface area contributed by atoms with Crippen LogP contribution >= 0.6 is 34.3 Å². The van der Waals surface area contributed by atoms with Gasteiger partial charge in [-0.2, -0.15) is 8.75 Å². The Labute approximate surface area is 223 Å². The number of fused-ring (bicyclic) bond motifs is 3. The molecule has 2 N–H and O–H groups in total. The highest BCUT2D eigenvalue weighted by Gasteiger charge is 2.33. The molecule has 1 aromatic heterocycles. The van der Waals surface area contributed by atoms with E-state index in [1.54, 1.807) is 0 Å². The molecule has 0 amide bonds. The van der Waals surface area contributed by atoms with Crippen LogP contribution in [0.15, 0.2) is 5.57 Å². The normalized spacial score (nSPS) is 14.9. The van der Waals surface area contributed by atoms with Gasteiger partial charge in [-0.1, -0.05) is 101 Å². The minimum absolute atomic E-state index is 0.320. The van der Waals surface area contributed by atoms with Crippen molar-refractivity contribution in [2.45, 2.75) is 115 Å². The van der Waals surface area contributed by atoms with Gasteiger partial charge in [-0.05, 0) is 55.4 Å². The Bertz CT molecular complexity index is 1050. The molecule has 1 atom stereocenters. The molecule has 34 heavy (non-hydrogen) atoms. The van der Waals surface area contributed by atoms with E-state index in [0.29, 0.717) is 15.3 Å². The summed E-state index contributed by atoms with van der Waals surface area (Å²) in [5.41, 5.74) is 9.39. The van der Waals surface area contributed by atoms with Gasteiger partial charge >= 0.3 is 0 Å². The van der Waals surface area contributed by atoms with Gasteiger partial charge < -0.3 is 0 Å². The number of benzene rings is 1. The van der Waals surface area contributed by atoms with Gasteiger partial charge in [0.1, 0.15) is 11.0 Å². The molecule has 1 aliphatic carbocycles. The Kier molecular flexibility index (Phi) is 10.7. The molecule has 1 unspecified atom stereocenters. The smallest absolute Gasteiger partial charge is 0.113 e. The first kappa shape index (κ1) is 27.4. The number of alkyl halides is 1. The Morgan fingerprint density at radius 3 is 2.03 bits per heavy atom. The number of unbranched alkanes of at least 4 members (excludes halogenated alkanes) is 9. The standard InChI is InChI=1S/C28H41IN4S/c1-5-7-9-11-13-14-16-20-18(3)25(30)26(31)24-22(21(29)17-15-12-10-8-6-2)19(4)27-28(23(20)24)33-34-32-27/h21,30-31H,5-17H2,1-4H3. The third kappa shape index (κ3) is 5.97. The van der Waals surface area contributed by atoms with Gasteiger partial charge in [0.05, 0.1) is 23.2 Å². The van der Waals surface area contributed by atoms with E-state index in [0.717, 1.165) is 52.6 Å². The van der Waals surface area contributed by atoms with Crippen LogP contribution in [0, 0.1) is 17.7 Å². The summed E-state index contributed by atoms with van der Waals surface area (Å²) in [5, 5.41) is 17.8. The summed E-state index contributed by atoms with van der Waals surface area (Å²) in [6.45, 7) is 8.70. The Balaban J connectivity index is 1.98. The first-order chi connectivity index (χ1) is 16.4. The molecule has 4 nitrogen and oxygen atoms in total. The van der Waals surface area contributed by atoms with Crippen LogP contribution < -0.4 is 0 Å². The molecule has 1 aromatic carbocycles. The van der Waals surface area contributed by atoms with Crippen molar-refractivity contribution in [3.05, 3.63) is 27.8 Å². The van der Waals surface area contributed by atoms with Crippen molar-refractivity contribution < 1.29 is 0 Å². The maximum absolute atomic E-state index is 9.01. The average Bonchev–Trinajstić information content (AvgIpc) is 3.32.